The molecule has 0 N–H and O–H groups in total. The Morgan fingerprint density at radius 2 is 1.94 bits per heavy atom. The van der Waals surface area contributed by atoms with Crippen molar-refractivity contribution < 1.29 is 19.1 Å². The lowest BCUT2D eigenvalue weighted by Crippen LogP contribution is -2.36. The van der Waals surface area contributed by atoms with Crippen LogP contribution in [0.15, 0.2) is 0 Å². The van der Waals surface area contributed by atoms with Crippen molar-refractivity contribution in [2.24, 2.45) is 11.8 Å². The number of hydrogen-bond donors (Lipinski definition) is 0. The van der Waals surface area contributed by atoms with E-state index in [1.807, 2.05) is 20.8 Å². The zero-order chi connectivity index (χ0) is 13.5. The number of carbonyl (C=O) groups is 2. The molecule has 0 saturated carbocycles. The minimum atomic E-state index is -0.683. The third-order valence-corrected chi connectivity index (χ3v) is 3.66. The first kappa shape index (κ1) is 13.5. The molecule has 4 nitrogen and oxygen atoms in total. The maximum Gasteiger partial charge on any atom is 0.316 e. The van der Waals surface area contributed by atoms with E-state index >= 15 is 0 Å². The first-order chi connectivity index (χ1) is 8.28. The standard InChI is InChI=1S/C14H22O4/c1-8(13(16)18-14(2,3)4)12(15)10-7-9-5-6-11(10)17-9/h8-11H,5-7H2,1-4H3. The number of Topliss-reactive ketones (excluding diaryl/α,β-unsaturated/α-hetero) is 1. The molecule has 2 fully saturated rings. The van der Waals surface area contributed by atoms with E-state index in [-0.39, 0.29) is 23.9 Å². The van der Waals surface area contributed by atoms with Crippen LogP contribution < -0.4 is 0 Å². The largest absolute Gasteiger partial charge is 0.459 e. The predicted octanol–water partition coefficient (Wildman–Crippen LogP) is 2.10. The maximum atomic E-state index is 12.3. The molecule has 0 amide bonds. The van der Waals surface area contributed by atoms with Crippen LogP contribution in [-0.2, 0) is 19.1 Å². The second-order valence-electron chi connectivity index (χ2n) is 6.37. The van der Waals surface area contributed by atoms with E-state index in [4.69, 9.17) is 9.47 Å². The molecule has 0 aromatic carbocycles. The minimum Gasteiger partial charge on any atom is -0.459 e. The highest BCUT2D eigenvalue weighted by Gasteiger charge is 2.46. The van der Waals surface area contributed by atoms with Crippen LogP contribution in [0.1, 0.15) is 47.0 Å². The first-order valence-electron chi connectivity index (χ1n) is 6.70. The van der Waals surface area contributed by atoms with E-state index in [2.05, 4.69) is 0 Å². The second-order valence-corrected chi connectivity index (χ2v) is 6.37. The van der Waals surface area contributed by atoms with Crippen molar-refractivity contribution in [2.75, 3.05) is 0 Å². The summed E-state index contributed by atoms with van der Waals surface area (Å²) in [5.74, 6) is -1.23. The van der Waals surface area contributed by atoms with Crippen molar-refractivity contribution in [2.45, 2.75) is 64.8 Å². The predicted molar refractivity (Wildman–Crippen MR) is 66.0 cm³/mol. The van der Waals surface area contributed by atoms with Crippen LogP contribution in [-0.4, -0.2) is 29.6 Å². The Labute approximate surface area is 108 Å². The van der Waals surface area contributed by atoms with Gasteiger partial charge in [-0.3, -0.25) is 9.59 Å². The van der Waals surface area contributed by atoms with Crippen molar-refractivity contribution in [1.29, 1.82) is 0 Å². The van der Waals surface area contributed by atoms with Gasteiger partial charge in [-0.1, -0.05) is 0 Å². The molecule has 4 unspecified atom stereocenters. The van der Waals surface area contributed by atoms with Crippen molar-refractivity contribution in [3.8, 4) is 0 Å². The van der Waals surface area contributed by atoms with Crippen LogP contribution >= 0.6 is 0 Å². The number of ketones is 1. The Kier molecular flexibility index (Phi) is 3.49. The van der Waals surface area contributed by atoms with Gasteiger partial charge in [0.25, 0.3) is 0 Å². The third-order valence-electron chi connectivity index (χ3n) is 3.66. The molecule has 2 heterocycles. The van der Waals surface area contributed by atoms with Crippen LogP contribution in [0.3, 0.4) is 0 Å². The summed E-state index contributed by atoms with van der Waals surface area (Å²) in [4.78, 5) is 24.2. The van der Waals surface area contributed by atoms with Crippen molar-refractivity contribution in [1.82, 2.24) is 0 Å². The summed E-state index contributed by atoms with van der Waals surface area (Å²) in [5.41, 5.74) is -0.545. The van der Waals surface area contributed by atoms with E-state index in [1.54, 1.807) is 6.92 Å². The van der Waals surface area contributed by atoms with Gasteiger partial charge in [-0.25, -0.2) is 0 Å². The number of hydrogen-bond acceptors (Lipinski definition) is 4. The van der Waals surface area contributed by atoms with E-state index < -0.39 is 17.5 Å². The summed E-state index contributed by atoms with van der Waals surface area (Å²) < 4.78 is 10.9. The summed E-state index contributed by atoms with van der Waals surface area (Å²) in [7, 11) is 0. The number of carbonyl (C=O) groups excluding carboxylic acids is 2. The van der Waals surface area contributed by atoms with Crippen LogP contribution in [0.25, 0.3) is 0 Å². The number of fused-ring (bicyclic) bond motifs is 2. The van der Waals surface area contributed by atoms with Gasteiger partial charge < -0.3 is 9.47 Å². The monoisotopic (exact) mass is 254 g/mol. The van der Waals surface area contributed by atoms with Gasteiger partial charge in [0.1, 0.15) is 11.5 Å². The molecular weight excluding hydrogens is 232 g/mol. The highest BCUT2D eigenvalue weighted by Crippen LogP contribution is 2.40. The highest BCUT2D eigenvalue weighted by molar-refractivity contribution is 6.00. The molecule has 2 bridgehead atoms. The SMILES string of the molecule is CC(C(=O)OC(C)(C)C)C(=O)C1CC2CCC1O2. The Hall–Kier alpha value is -0.900. The average Bonchev–Trinajstić information content (AvgIpc) is 2.86. The Morgan fingerprint density at radius 3 is 2.39 bits per heavy atom. The number of ether oxygens (including phenoxy) is 2. The van der Waals surface area contributed by atoms with Crippen molar-refractivity contribution in [3.05, 3.63) is 0 Å². The molecule has 0 aromatic rings. The van der Waals surface area contributed by atoms with Gasteiger partial charge in [-0.2, -0.15) is 0 Å². The molecule has 4 atom stereocenters. The summed E-state index contributed by atoms with van der Waals surface area (Å²) in [5, 5.41) is 0. The summed E-state index contributed by atoms with van der Waals surface area (Å²) in [6, 6.07) is 0. The molecule has 2 saturated heterocycles. The van der Waals surface area contributed by atoms with Gasteiger partial charge in [0, 0.05) is 5.92 Å². The molecule has 0 spiro atoms. The van der Waals surface area contributed by atoms with Gasteiger partial charge in [-0.05, 0) is 47.0 Å². The maximum absolute atomic E-state index is 12.3. The zero-order valence-electron chi connectivity index (χ0n) is 11.6. The molecule has 0 aromatic heterocycles. The van der Waals surface area contributed by atoms with Gasteiger partial charge in [0.15, 0.2) is 5.78 Å². The third kappa shape index (κ3) is 2.74. The Balaban J connectivity index is 1.95. The molecule has 18 heavy (non-hydrogen) atoms. The molecule has 102 valence electrons. The zero-order valence-corrected chi connectivity index (χ0v) is 11.6. The quantitative estimate of drug-likeness (QED) is 0.571. The van der Waals surface area contributed by atoms with Gasteiger partial charge in [0.2, 0.25) is 0 Å². The number of rotatable bonds is 3. The van der Waals surface area contributed by atoms with E-state index in [0.29, 0.717) is 0 Å². The van der Waals surface area contributed by atoms with Crippen LogP contribution in [0, 0.1) is 11.8 Å². The fourth-order valence-electron chi connectivity index (χ4n) is 2.76. The highest BCUT2D eigenvalue weighted by atomic mass is 16.6. The lowest BCUT2D eigenvalue weighted by molar-refractivity contribution is -0.162. The van der Waals surface area contributed by atoms with Crippen LogP contribution in [0.2, 0.25) is 0 Å². The first-order valence-corrected chi connectivity index (χ1v) is 6.70. The Bertz CT molecular complexity index is 355. The fraction of sp³-hybridized carbons (Fsp3) is 0.857. The smallest absolute Gasteiger partial charge is 0.316 e. The molecule has 0 radical (unpaired) electrons. The normalized spacial score (nSPS) is 32.3. The number of esters is 1. The summed E-state index contributed by atoms with van der Waals surface area (Å²) in [6.45, 7) is 7.07. The summed E-state index contributed by atoms with van der Waals surface area (Å²) in [6.07, 6.45) is 3.04. The molecular formula is C14H22O4. The van der Waals surface area contributed by atoms with Crippen LogP contribution in [0.5, 0.6) is 0 Å². The molecule has 2 aliphatic heterocycles. The lowest BCUT2D eigenvalue weighted by Gasteiger charge is -2.24. The van der Waals surface area contributed by atoms with E-state index in [1.165, 1.54) is 0 Å². The topological polar surface area (TPSA) is 52.6 Å². The fourth-order valence-corrected chi connectivity index (χ4v) is 2.76. The van der Waals surface area contributed by atoms with E-state index in [9.17, 15) is 9.59 Å². The molecule has 2 rings (SSSR count). The molecule has 0 aliphatic carbocycles. The van der Waals surface area contributed by atoms with Gasteiger partial charge >= 0.3 is 5.97 Å². The molecule has 4 heteroatoms. The molecule has 2 aliphatic rings. The second kappa shape index (κ2) is 4.65. The van der Waals surface area contributed by atoms with Crippen molar-refractivity contribution in [3.63, 3.8) is 0 Å². The average molecular weight is 254 g/mol. The van der Waals surface area contributed by atoms with E-state index in [0.717, 1.165) is 19.3 Å². The summed E-state index contributed by atoms with van der Waals surface area (Å²) >= 11 is 0. The van der Waals surface area contributed by atoms with Crippen molar-refractivity contribution >= 4 is 11.8 Å². The Morgan fingerprint density at radius 1 is 1.28 bits per heavy atom. The van der Waals surface area contributed by atoms with Gasteiger partial charge in [-0.15, -0.1) is 0 Å². The minimum absolute atomic E-state index is 0.0172. The van der Waals surface area contributed by atoms with Gasteiger partial charge in [0.05, 0.1) is 12.2 Å². The lowest BCUT2D eigenvalue weighted by atomic mass is 9.82. The van der Waals surface area contributed by atoms with Crippen LogP contribution in [0.4, 0.5) is 0 Å².